The van der Waals surface area contributed by atoms with Crippen LogP contribution in [-0.4, -0.2) is 32.0 Å². The quantitative estimate of drug-likeness (QED) is 0.239. The Balaban J connectivity index is 1.59. The molecule has 2 heterocycles. The van der Waals surface area contributed by atoms with Crippen molar-refractivity contribution < 1.29 is 18.3 Å². The first-order valence-corrected chi connectivity index (χ1v) is 14.1. The van der Waals surface area contributed by atoms with E-state index in [9.17, 15) is 9.59 Å². The summed E-state index contributed by atoms with van der Waals surface area (Å²) in [6.07, 6.45) is 0. The zero-order valence-electron chi connectivity index (χ0n) is 24.1. The molecule has 1 aliphatic heterocycles. The van der Waals surface area contributed by atoms with Crippen LogP contribution < -0.4 is 15.5 Å². The van der Waals surface area contributed by atoms with Gasteiger partial charge in [0.05, 0.1) is 22.9 Å². The van der Waals surface area contributed by atoms with Crippen molar-refractivity contribution in [3.05, 3.63) is 105 Å². The minimum absolute atomic E-state index is 0.0120. The van der Waals surface area contributed by atoms with Gasteiger partial charge in [-0.05, 0) is 64.4 Å². The van der Waals surface area contributed by atoms with Crippen LogP contribution in [0.15, 0.2) is 65.5 Å². The molecule has 0 atom stereocenters. The Morgan fingerprint density at radius 2 is 1.67 bits per heavy atom. The van der Waals surface area contributed by atoms with Gasteiger partial charge in [0.15, 0.2) is 5.82 Å². The number of aromatic nitrogens is 3. The molecule has 8 nitrogen and oxygen atoms in total. The number of ether oxygens (including phenoxy) is 1. The van der Waals surface area contributed by atoms with Gasteiger partial charge in [-0.3, -0.25) is 14.3 Å². The molecule has 0 N–H and O–H groups in total. The summed E-state index contributed by atoms with van der Waals surface area (Å²) in [7, 11) is 0. The summed E-state index contributed by atoms with van der Waals surface area (Å²) >= 11 is 6.38. The second-order valence-electron chi connectivity index (χ2n) is 10.8. The predicted octanol–water partition coefficient (Wildman–Crippen LogP) is 6.31. The van der Waals surface area contributed by atoms with E-state index in [0.717, 1.165) is 16.3 Å². The fourth-order valence-corrected chi connectivity index (χ4v) is 5.94. The van der Waals surface area contributed by atoms with Gasteiger partial charge in [0.25, 0.3) is 5.91 Å². The van der Waals surface area contributed by atoms with Crippen LogP contribution in [0.25, 0.3) is 5.69 Å². The lowest BCUT2D eigenvalue weighted by molar-refractivity contribution is 0.0947. The van der Waals surface area contributed by atoms with Crippen molar-refractivity contribution in [3.8, 4) is 5.69 Å². The Hall–Kier alpha value is -4.02. The van der Waals surface area contributed by atoms with E-state index in [0.29, 0.717) is 24.7 Å². The maximum absolute atomic E-state index is 15.8. The van der Waals surface area contributed by atoms with Crippen LogP contribution in [0.4, 0.5) is 20.2 Å². The number of hydrogen-bond acceptors (Lipinski definition) is 5. The Labute approximate surface area is 247 Å². The van der Waals surface area contributed by atoms with Crippen LogP contribution in [0.1, 0.15) is 56.4 Å². The van der Waals surface area contributed by atoms with Crippen molar-refractivity contribution in [1.82, 2.24) is 14.3 Å². The molecule has 0 fully saturated rings. The van der Waals surface area contributed by atoms with Gasteiger partial charge >= 0.3 is 5.69 Å². The predicted molar refractivity (Wildman–Crippen MR) is 158 cm³/mol. The number of carbonyl (C=O) groups excluding carboxylic acids is 1. The fourth-order valence-electron chi connectivity index (χ4n) is 5.70. The maximum atomic E-state index is 15.8. The number of rotatable bonds is 8. The normalized spacial score (nSPS) is 14.5. The average Bonchev–Trinajstić information content (AvgIpc) is 3.25. The molecule has 5 rings (SSSR count). The number of fused-ring (bicyclic) bond motifs is 1. The minimum atomic E-state index is -1.12. The number of carbonyl (C=O) groups is 1. The van der Waals surface area contributed by atoms with E-state index in [1.807, 2.05) is 49.1 Å². The topological polar surface area (TPSA) is 72.6 Å². The summed E-state index contributed by atoms with van der Waals surface area (Å²) < 4.78 is 39.1. The lowest BCUT2D eigenvalue weighted by atomic mass is 9.95. The molecule has 11 heteroatoms. The number of benzene rings is 3. The third kappa shape index (κ3) is 4.98. The highest BCUT2D eigenvalue weighted by Crippen LogP contribution is 2.45. The molecule has 0 aliphatic carbocycles. The summed E-state index contributed by atoms with van der Waals surface area (Å²) in [5.41, 5.74) is -0.488. The molecule has 0 unspecified atom stereocenters. The zero-order valence-corrected chi connectivity index (χ0v) is 24.8. The molecular weight excluding hydrogens is 564 g/mol. The Kier molecular flexibility index (Phi) is 7.96. The number of para-hydroxylation sites is 1. The molecule has 3 aromatic carbocycles. The maximum Gasteiger partial charge on any atom is 0.350 e. The highest BCUT2D eigenvalue weighted by atomic mass is 35.5. The van der Waals surface area contributed by atoms with E-state index in [4.69, 9.17) is 16.3 Å². The van der Waals surface area contributed by atoms with Gasteiger partial charge < -0.3 is 9.64 Å². The Morgan fingerprint density at radius 1 is 0.952 bits per heavy atom. The van der Waals surface area contributed by atoms with Gasteiger partial charge in [0.1, 0.15) is 35.3 Å². The first-order chi connectivity index (χ1) is 20.0. The summed E-state index contributed by atoms with van der Waals surface area (Å²) in [5, 5.41) is 4.48. The van der Waals surface area contributed by atoms with Crippen LogP contribution in [0.5, 0.6) is 0 Å². The van der Waals surface area contributed by atoms with E-state index in [1.54, 1.807) is 20.8 Å². The summed E-state index contributed by atoms with van der Waals surface area (Å²) in [6, 6.07) is 16.1. The minimum Gasteiger partial charge on any atom is -0.369 e. The smallest absolute Gasteiger partial charge is 0.350 e. The van der Waals surface area contributed by atoms with Crippen LogP contribution in [0, 0.1) is 11.6 Å². The van der Waals surface area contributed by atoms with Crippen molar-refractivity contribution in [2.24, 2.45) is 0 Å². The molecule has 0 saturated heterocycles. The van der Waals surface area contributed by atoms with E-state index >= 15 is 8.78 Å². The highest BCUT2D eigenvalue weighted by Gasteiger charge is 2.47. The van der Waals surface area contributed by atoms with Crippen molar-refractivity contribution in [1.29, 1.82) is 0 Å². The monoisotopic (exact) mass is 595 g/mol. The van der Waals surface area contributed by atoms with E-state index in [-0.39, 0.29) is 34.6 Å². The first kappa shape index (κ1) is 29.5. The average molecular weight is 596 g/mol. The van der Waals surface area contributed by atoms with Crippen LogP contribution >= 0.6 is 11.6 Å². The molecule has 0 spiro atoms. The first-order valence-electron chi connectivity index (χ1n) is 13.7. The second kappa shape index (κ2) is 11.3. The third-order valence-electron chi connectivity index (χ3n) is 7.40. The lowest BCUT2D eigenvalue weighted by Crippen LogP contribution is -2.65. The van der Waals surface area contributed by atoms with Crippen molar-refractivity contribution in [2.45, 2.75) is 66.1 Å². The Bertz CT molecular complexity index is 1680. The van der Waals surface area contributed by atoms with Crippen molar-refractivity contribution in [3.63, 3.8) is 0 Å². The molecule has 1 aliphatic rings. The molecule has 0 radical (unpaired) electrons. The van der Waals surface area contributed by atoms with Gasteiger partial charge in [-0.15, -0.1) is 5.10 Å². The van der Waals surface area contributed by atoms with Crippen LogP contribution in [-0.2, 0) is 24.5 Å². The van der Waals surface area contributed by atoms with Gasteiger partial charge in [0, 0.05) is 12.6 Å². The third-order valence-corrected chi connectivity index (χ3v) is 7.70. The standard InChI is InChI=1S/C31H32ClF2N5O3/c1-6-36-27(18-42-17-20-11-8-7-9-12-20)35-39(30(36)41)26-16-25-21(15-24(26)34)29(40)38(31(4,5)37(25)19(2)3)28-22(32)13-10-14-23(28)33/h7-16,19H,6,17-18H2,1-5H3. The zero-order chi connectivity index (χ0) is 30.3. The number of halogens is 3. The molecule has 0 saturated carbocycles. The van der Waals surface area contributed by atoms with Crippen molar-refractivity contribution >= 4 is 28.9 Å². The molecular formula is C31H32ClF2N5O3. The van der Waals surface area contributed by atoms with E-state index in [2.05, 4.69) is 5.10 Å². The van der Waals surface area contributed by atoms with E-state index < -0.39 is 28.9 Å². The largest absolute Gasteiger partial charge is 0.369 e. The summed E-state index contributed by atoms with van der Waals surface area (Å²) in [6.45, 7) is 9.80. The number of anilines is 2. The van der Waals surface area contributed by atoms with Gasteiger partial charge in [-0.25, -0.2) is 13.6 Å². The van der Waals surface area contributed by atoms with Gasteiger partial charge in [-0.2, -0.15) is 4.68 Å². The Morgan fingerprint density at radius 3 is 2.31 bits per heavy atom. The van der Waals surface area contributed by atoms with Crippen LogP contribution in [0.2, 0.25) is 5.02 Å². The highest BCUT2D eigenvalue weighted by molar-refractivity contribution is 6.34. The SMILES string of the molecule is CCn1c(COCc2ccccc2)nn(-c2cc3c(cc2F)C(=O)N(c2c(F)cccc2Cl)C(C)(C)N3C(C)C)c1=O. The lowest BCUT2D eigenvalue weighted by Gasteiger charge is -2.53. The second-order valence-corrected chi connectivity index (χ2v) is 11.2. The van der Waals surface area contributed by atoms with E-state index in [1.165, 1.54) is 33.7 Å². The van der Waals surface area contributed by atoms with Crippen LogP contribution in [0.3, 0.4) is 0 Å². The number of nitrogens with zero attached hydrogens (tertiary/aromatic N) is 5. The van der Waals surface area contributed by atoms with Gasteiger partial charge in [-0.1, -0.05) is 48.0 Å². The molecule has 1 aromatic heterocycles. The summed E-state index contributed by atoms with van der Waals surface area (Å²) in [4.78, 5) is 30.4. The molecule has 1 amide bonds. The fraction of sp³-hybridized carbons (Fsp3) is 0.323. The summed E-state index contributed by atoms with van der Waals surface area (Å²) in [5.74, 6) is -1.78. The number of amides is 1. The van der Waals surface area contributed by atoms with Crippen molar-refractivity contribution in [2.75, 3.05) is 9.80 Å². The molecule has 4 aromatic rings. The molecule has 42 heavy (non-hydrogen) atoms. The van der Waals surface area contributed by atoms with Gasteiger partial charge in [0.2, 0.25) is 0 Å². The number of hydrogen-bond donors (Lipinski definition) is 0. The molecule has 0 bridgehead atoms. The molecule has 220 valence electrons.